The number of carbonyl (C=O) groups is 1. The molecule has 5 nitrogen and oxygen atoms in total. The van der Waals surface area contributed by atoms with Crippen LogP contribution in [-0.4, -0.2) is 18.1 Å². The van der Waals surface area contributed by atoms with Gasteiger partial charge in [0.15, 0.2) is 5.11 Å². The molecule has 0 saturated carbocycles. The van der Waals surface area contributed by atoms with Gasteiger partial charge in [-0.2, -0.15) is 0 Å². The summed E-state index contributed by atoms with van der Waals surface area (Å²) in [6.07, 6.45) is 0. The van der Waals surface area contributed by atoms with Gasteiger partial charge < -0.3 is 21.1 Å². The lowest BCUT2D eigenvalue weighted by molar-refractivity contribution is -0.118. The van der Waals surface area contributed by atoms with Gasteiger partial charge >= 0.3 is 0 Å². The zero-order valence-electron chi connectivity index (χ0n) is 10.6. The molecule has 0 fully saturated rings. The summed E-state index contributed by atoms with van der Waals surface area (Å²) in [6.45, 7) is 3.65. The summed E-state index contributed by atoms with van der Waals surface area (Å²) < 4.78 is 5.21. The van der Waals surface area contributed by atoms with Crippen molar-refractivity contribution >= 4 is 34.6 Å². The minimum atomic E-state index is -0.0934. The molecule has 0 spiro atoms. The first-order valence-electron chi connectivity index (χ1n) is 5.49. The number of nitrogens with two attached hydrogens (primary N) is 1. The molecule has 0 aliphatic rings. The van der Waals surface area contributed by atoms with Crippen LogP contribution in [0.2, 0.25) is 0 Å². The number of rotatable bonds is 4. The molecule has 1 aromatic rings. The Balaban J connectivity index is 2.93. The topological polar surface area (TPSA) is 76.4 Å². The average molecular weight is 267 g/mol. The van der Waals surface area contributed by atoms with Gasteiger partial charge in [-0.15, -0.1) is 0 Å². The van der Waals surface area contributed by atoms with E-state index >= 15 is 0 Å². The molecule has 1 rings (SSSR count). The summed E-state index contributed by atoms with van der Waals surface area (Å²) >= 11 is 4.75. The number of ether oxygens (including phenoxy) is 1. The van der Waals surface area contributed by atoms with Crippen molar-refractivity contribution in [1.29, 1.82) is 0 Å². The SMILES string of the molecule is COc1cc(NC(N)=S)ccc1NC(=O)C(C)C. The Hall–Kier alpha value is -1.82. The van der Waals surface area contributed by atoms with Crippen LogP contribution >= 0.6 is 12.2 Å². The fourth-order valence-corrected chi connectivity index (χ4v) is 1.41. The Morgan fingerprint density at radius 1 is 1.39 bits per heavy atom. The minimum Gasteiger partial charge on any atom is -0.494 e. The smallest absolute Gasteiger partial charge is 0.227 e. The average Bonchev–Trinajstić information content (AvgIpc) is 2.30. The molecule has 0 aliphatic carbocycles. The van der Waals surface area contributed by atoms with Gasteiger partial charge in [-0.1, -0.05) is 13.8 Å². The van der Waals surface area contributed by atoms with E-state index in [1.54, 1.807) is 18.2 Å². The molecule has 98 valence electrons. The third-order valence-electron chi connectivity index (χ3n) is 2.25. The monoisotopic (exact) mass is 267 g/mol. The quantitative estimate of drug-likeness (QED) is 0.727. The Bertz CT molecular complexity index is 461. The first-order valence-corrected chi connectivity index (χ1v) is 5.90. The molecule has 18 heavy (non-hydrogen) atoms. The van der Waals surface area contributed by atoms with Crippen molar-refractivity contribution < 1.29 is 9.53 Å². The van der Waals surface area contributed by atoms with E-state index in [-0.39, 0.29) is 16.9 Å². The lowest BCUT2D eigenvalue weighted by Gasteiger charge is -2.13. The molecule has 0 unspecified atom stereocenters. The summed E-state index contributed by atoms with van der Waals surface area (Å²) in [5.41, 5.74) is 6.71. The van der Waals surface area contributed by atoms with Crippen molar-refractivity contribution in [2.75, 3.05) is 17.7 Å². The molecule has 0 aromatic heterocycles. The van der Waals surface area contributed by atoms with Crippen molar-refractivity contribution in [1.82, 2.24) is 0 Å². The molecule has 0 heterocycles. The van der Waals surface area contributed by atoms with Crippen LogP contribution in [0.5, 0.6) is 5.75 Å². The first kappa shape index (κ1) is 14.2. The van der Waals surface area contributed by atoms with Crippen molar-refractivity contribution in [3.05, 3.63) is 18.2 Å². The Kier molecular flexibility index (Phi) is 4.91. The van der Waals surface area contributed by atoms with Crippen LogP contribution in [-0.2, 0) is 4.79 Å². The molecule has 1 amide bonds. The third kappa shape index (κ3) is 3.89. The van der Waals surface area contributed by atoms with E-state index in [1.165, 1.54) is 7.11 Å². The molecule has 0 saturated heterocycles. The lowest BCUT2D eigenvalue weighted by atomic mass is 10.2. The number of nitrogens with one attached hydrogen (secondary N) is 2. The Morgan fingerprint density at radius 2 is 2.06 bits per heavy atom. The van der Waals surface area contributed by atoms with Crippen LogP contribution in [0.25, 0.3) is 0 Å². The van der Waals surface area contributed by atoms with Crippen LogP contribution < -0.4 is 21.1 Å². The minimum absolute atomic E-state index is 0.0663. The van der Waals surface area contributed by atoms with Gasteiger partial charge in [-0.05, 0) is 24.4 Å². The Morgan fingerprint density at radius 3 is 2.56 bits per heavy atom. The standard InChI is InChI=1S/C12H17N3O2S/c1-7(2)11(16)15-9-5-4-8(14-12(13)18)6-10(9)17-3/h4-7H,1-3H3,(H,15,16)(H3,13,14,18). The van der Waals surface area contributed by atoms with Crippen LogP contribution in [0.4, 0.5) is 11.4 Å². The van der Waals surface area contributed by atoms with Gasteiger partial charge in [-0.3, -0.25) is 4.79 Å². The van der Waals surface area contributed by atoms with E-state index in [0.717, 1.165) is 0 Å². The van der Waals surface area contributed by atoms with E-state index < -0.39 is 0 Å². The van der Waals surface area contributed by atoms with Gasteiger partial charge in [0.25, 0.3) is 0 Å². The number of hydrogen-bond donors (Lipinski definition) is 3. The summed E-state index contributed by atoms with van der Waals surface area (Å²) in [4.78, 5) is 11.6. The van der Waals surface area contributed by atoms with Crippen molar-refractivity contribution in [3.63, 3.8) is 0 Å². The van der Waals surface area contributed by atoms with Crippen molar-refractivity contribution in [2.24, 2.45) is 11.7 Å². The van der Waals surface area contributed by atoms with Gasteiger partial charge in [0, 0.05) is 17.7 Å². The molecule has 0 atom stereocenters. The molecule has 4 N–H and O–H groups in total. The maximum Gasteiger partial charge on any atom is 0.227 e. The van der Waals surface area contributed by atoms with Crippen LogP contribution in [0.3, 0.4) is 0 Å². The van der Waals surface area contributed by atoms with Crippen molar-refractivity contribution in [2.45, 2.75) is 13.8 Å². The zero-order chi connectivity index (χ0) is 13.7. The fourth-order valence-electron chi connectivity index (χ4n) is 1.29. The van der Waals surface area contributed by atoms with Crippen LogP contribution in [0.15, 0.2) is 18.2 Å². The van der Waals surface area contributed by atoms with Crippen molar-refractivity contribution in [3.8, 4) is 5.75 Å². The largest absolute Gasteiger partial charge is 0.494 e. The molecule has 1 aromatic carbocycles. The second kappa shape index (κ2) is 6.20. The number of anilines is 2. The second-order valence-corrected chi connectivity index (χ2v) is 4.49. The molecular weight excluding hydrogens is 250 g/mol. The molecule has 0 radical (unpaired) electrons. The van der Waals surface area contributed by atoms with Gasteiger partial charge in [0.1, 0.15) is 5.75 Å². The number of amides is 1. The van der Waals surface area contributed by atoms with E-state index in [2.05, 4.69) is 10.6 Å². The number of methoxy groups -OCH3 is 1. The normalized spacial score (nSPS) is 10.0. The maximum absolute atomic E-state index is 11.6. The molecule has 0 aliphatic heterocycles. The van der Waals surface area contributed by atoms with Gasteiger partial charge in [0.2, 0.25) is 5.91 Å². The Labute approximate surface area is 112 Å². The zero-order valence-corrected chi connectivity index (χ0v) is 11.4. The molecule has 6 heteroatoms. The highest BCUT2D eigenvalue weighted by atomic mass is 32.1. The van der Waals surface area contributed by atoms with Gasteiger partial charge in [-0.25, -0.2) is 0 Å². The van der Waals surface area contributed by atoms with E-state index in [9.17, 15) is 4.79 Å². The predicted octanol–water partition coefficient (Wildman–Crippen LogP) is 1.95. The lowest BCUT2D eigenvalue weighted by Crippen LogP contribution is -2.20. The highest BCUT2D eigenvalue weighted by Gasteiger charge is 2.11. The molecular formula is C12H17N3O2S. The van der Waals surface area contributed by atoms with Gasteiger partial charge in [0.05, 0.1) is 12.8 Å². The third-order valence-corrected chi connectivity index (χ3v) is 2.35. The highest BCUT2D eigenvalue weighted by molar-refractivity contribution is 7.80. The summed E-state index contributed by atoms with van der Waals surface area (Å²) in [7, 11) is 1.53. The first-order chi connectivity index (χ1) is 8.43. The van der Waals surface area contributed by atoms with Crippen LogP contribution in [0, 0.1) is 5.92 Å². The van der Waals surface area contributed by atoms with Crippen LogP contribution in [0.1, 0.15) is 13.8 Å². The van der Waals surface area contributed by atoms with E-state index in [4.69, 9.17) is 22.7 Å². The number of thiocarbonyl (C=S) groups is 1. The van der Waals surface area contributed by atoms with E-state index in [1.807, 2.05) is 13.8 Å². The fraction of sp³-hybridized carbons (Fsp3) is 0.333. The number of hydrogen-bond acceptors (Lipinski definition) is 3. The number of benzene rings is 1. The van der Waals surface area contributed by atoms with E-state index in [0.29, 0.717) is 17.1 Å². The highest BCUT2D eigenvalue weighted by Crippen LogP contribution is 2.28. The number of carbonyl (C=O) groups excluding carboxylic acids is 1. The maximum atomic E-state index is 11.6. The molecule has 0 bridgehead atoms. The summed E-state index contributed by atoms with van der Waals surface area (Å²) in [5.74, 6) is 0.387. The second-order valence-electron chi connectivity index (χ2n) is 4.05. The summed E-state index contributed by atoms with van der Waals surface area (Å²) in [6, 6.07) is 5.21. The predicted molar refractivity (Wildman–Crippen MR) is 76.9 cm³/mol. The summed E-state index contributed by atoms with van der Waals surface area (Å²) in [5, 5.41) is 5.76.